The van der Waals surface area contributed by atoms with E-state index in [9.17, 15) is 0 Å². The van der Waals surface area contributed by atoms with Crippen molar-refractivity contribution in [3.8, 4) is 0 Å². The average Bonchev–Trinajstić information content (AvgIpc) is 3.13. The van der Waals surface area contributed by atoms with E-state index in [1.165, 1.54) is 12.8 Å². The number of guanidine groups is 1. The van der Waals surface area contributed by atoms with E-state index in [-0.39, 0.29) is 24.0 Å². The van der Waals surface area contributed by atoms with Crippen LogP contribution >= 0.6 is 24.0 Å². The summed E-state index contributed by atoms with van der Waals surface area (Å²) in [6.45, 7) is 5.10. The maximum Gasteiger partial charge on any atom is 0.191 e. The Kier molecular flexibility index (Phi) is 6.15. The maximum atomic E-state index is 5.61. The number of rotatable bonds is 4. The molecule has 2 N–H and O–H groups in total. The zero-order chi connectivity index (χ0) is 12.9. The largest absolute Gasteiger partial charge is 0.468 e. The van der Waals surface area contributed by atoms with Gasteiger partial charge in [0, 0.05) is 19.6 Å². The predicted octanol–water partition coefficient (Wildman–Crippen LogP) is 1.97. The Morgan fingerprint density at radius 3 is 2.85 bits per heavy atom. The molecular formula is C14H23IN4O. The number of furan rings is 1. The molecule has 2 aliphatic rings. The van der Waals surface area contributed by atoms with Crippen molar-refractivity contribution in [1.29, 1.82) is 0 Å². The molecule has 1 saturated heterocycles. The van der Waals surface area contributed by atoms with Crippen LogP contribution in [-0.4, -0.2) is 43.6 Å². The van der Waals surface area contributed by atoms with Crippen LogP contribution in [0, 0.1) is 0 Å². The number of likely N-dealkylation sites (tertiary alicyclic amines) is 1. The predicted molar refractivity (Wildman–Crippen MR) is 90.6 cm³/mol. The molecule has 0 radical (unpaired) electrons. The third kappa shape index (κ3) is 3.88. The first-order chi connectivity index (χ1) is 9.43. The quantitative estimate of drug-likeness (QED) is 0.773. The summed E-state index contributed by atoms with van der Waals surface area (Å²) in [5, 5.41) is 6.72. The van der Waals surface area contributed by atoms with Gasteiger partial charge in [0.2, 0.25) is 0 Å². The number of nitrogens with one attached hydrogen (secondary N) is 2. The Bertz CT molecular complexity index is 415. The molecule has 1 unspecified atom stereocenters. The van der Waals surface area contributed by atoms with Crippen LogP contribution in [0.3, 0.4) is 0 Å². The number of aliphatic imine (C=N–C) groups is 1. The van der Waals surface area contributed by atoms with Crippen LogP contribution in [0.25, 0.3) is 0 Å². The third-order valence-corrected chi connectivity index (χ3v) is 3.81. The Balaban J connectivity index is 0.00000147. The standard InChI is InChI=1S/C14H22N4O.HI/c1-2-9-18(8-1)12(13-5-3-10-19-13)11-17-14-15-6-4-7-16-14;/h3,5,10,12H,1-2,4,6-9,11H2,(H2,15,16,17);1H. The third-order valence-electron chi connectivity index (χ3n) is 3.81. The fourth-order valence-corrected chi connectivity index (χ4v) is 2.79. The molecular weight excluding hydrogens is 367 g/mol. The fraction of sp³-hybridized carbons (Fsp3) is 0.643. The molecule has 2 aliphatic heterocycles. The van der Waals surface area contributed by atoms with Crippen LogP contribution < -0.4 is 10.6 Å². The molecule has 3 heterocycles. The molecule has 1 aromatic rings. The van der Waals surface area contributed by atoms with Crippen molar-refractivity contribution in [1.82, 2.24) is 15.5 Å². The number of nitrogens with zero attached hydrogens (tertiary/aromatic N) is 2. The van der Waals surface area contributed by atoms with E-state index in [0.29, 0.717) is 6.04 Å². The van der Waals surface area contributed by atoms with Crippen LogP contribution in [0.2, 0.25) is 0 Å². The lowest BCUT2D eigenvalue weighted by atomic mass is 10.2. The first-order valence-corrected chi connectivity index (χ1v) is 7.23. The van der Waals surface area contributed by atoms with Gasteiger partial charge in [0.25, 0.3) is 0 Å². The second-order valence-electron chi connectivity index (χ2n) is 5.17. The fourth-order valence-electron chi connectivity index (χ4n) is 2.79. The van der Waals surface area contributed by atoms with Crippen molar-refractivity contribution in [3.05, 3.63) is 24.2 Å². The van der Waals surface area contributed by atoms with Gasteiger partial charge < -0.3 is 15.1 Å². The minimum absolute atomic E-state index is 0. The van der Waals surface area contributed by atoms with E-state index < -0.39 is 0 Å². The Morgan fingerprint density at radius 1 is 1.35 bits per heavy atom. The topological polar surface area (TPSA) is 52.8 Å². The van der Waals surface area contributed by atoms with E-state index in [0.717, 1.165) is 50.9 Å². The highest BCUT2D eigenvalue weighted by Gasteiger charge is 2.25. The highest BCUT2D eigenvalue weighted by molar-refractivity contribution is 14.0. The summed E-state index contributed by atoms with van der Waals surface area (Å²) < 4.78 is 5.61. The molecule has 6 heteroatoms. The van der Waals surface area contributed by atoms with Gasteiger partial charge in [-0.3, -0.25) is 9.89 Å². The number of halogens is 1. The van der Waals surface area contributed by atoms with Gasteiger partial charge in [0.05, 0.1) is 12.3 Å². The molecule has 1 atom stereocenters. The molecule has 20 heavy (non-hydrogen) atoms. The van der Waals surface area contributed by atoms with Crippen molar-refractivity contribution in [2.75, 3.05) is 32.7 Å². The molecule has 1 fully saturated rings. The summed E-state index contributed by atoms with van der Waals surface area (Å²) in [5.41, 5.74) is 0. The molecule has 5 nitrogen and oxygen atoms in total. The second-order valence-corrected chi connectivity index (χ2v) is 5.17. The second kappa shape index (κ2) is 7.87. The zero-order valence-electron chi connectivity index (χ0n) is 11.7. The van der Waals surface area contributed by atoms with Crippen LogP contribution in [0.1, 0.15) is 31.1 Å². The molecule has 0 spiro atoms. The molecule has 112 valence electrons. The summed E-state index contributed by atoms with van der Waals surface area (Å²) in [4.78, 5) is 6.95. The summed E-state index contributed by atoms with van der Waals surface area (Å²) in [5.74, 6) is 1.98. The van der Waals surface area contributed by atoms with Gasteiger partial charge >= 0.3 is 0 Å². The molecule has 0 amide bonds. The van der Waals surface area contributed by atoms with Gasteiger partial charge in [-0.15, -0.1) is 24.0 Å². The van der Waals surface area contributed by atoms with Gasteiger partial charge in [-0.2, -0.15) is 0 Å². The van der Waals surface area contributed by atoms with E-state index in [1.807, 2.05) is 6.07 Å². The van der Waals surface area contributed by atoms with Crippen molar-refractivity contribution >= 4 is 29.9 Å². The normalized spacial score (nSPS) is 20.7. The SMILES string of the molecule is I.c1coc(C(CNC2=NCCCN2)N2CCCC2)c1. The minimum Gasteiger partial charge on any atom is -0.468 e. The summed E-state index contributed by atoms with van der Waals surface area (Å²) in [7, 11) is 0. The van der Waals surface area contributed by atoms with Gasteiger partial charge in [0.1, 0.15) is 5.76 Å². The maximum absolute atomic E-state index is 5.61. The van der Waals surface area contributed by atoms with Gasteiger partial charge in [-0.25, -0.2) is 0 Å². The first kappa shape index (κ1) is 15.6. The highest BCUT2D eigenvalue weighted by Crippen LogP contribution is 2.24. The summed E-state index contributed by atoms with van der Waals surface area (Å²) in [6.07, 6.45) is 5.46. The van der Waals surface area contributed by atoms with Crippen LogP contribution in [0.5, 0.6) is 0 Å². The van der Waals surface area contributed by atoms with Crippen LogP contribution in [-0.2, 0) is 0 Å². The van der Waals surface area contributed by atoms with E-state index >= 15 is 0 Å². The molecule has 0 aromatic carbocycles. The average molecular weight is 390 g/mol. The van der Waals surface area contributed by atoms with Crippen molar-refractivity contribution in [2.45, 2.75) is 25.3 Å². The molecule has 3 rings (SSSR count). The lowest BCUT2D eigenvalue weighted by Crippen LogP contribution is -2.44. The van der Waals surface area contributed by atoms with Gasteiger partial charge in [0.15, 0.2) is 5.96 Å². The number of hydrogen-bond acceptors (Lipinski definition) is 5. The molecule has 0 aliphatic carbocycles. The summed E-state index contributed by atoms with van der Waals surface area (Å²) >= 11 is 0. The Labute approximate surface area is 137 Å². The van der Waals surface area contributed by atoms with Gasteiger partial charge in [-0.05, 0) is 44.5 Å². The van der Waals surface area contributed by atoms with E-state index in [4.69, 9.17) is 4.42 Å². The van der Waals surface area contributed by atoms with E-state index in [1.54, 1.807) is 6.26 Å². The van der Waals surface area contributed by atoms with Gasteiger partial charge in [-0.1, -0.05) is 0 Å². The molecule has 0 saturated carbocycles. The Hall–Kier alpha value is -0.760. The van der Waals surface area contributed by atoms with Crippen LogP contribution in [0.4, 0.5) is 0 Å². The minimum atomic E-state index is 0. The van der Waals surface area contributed by atoms with E-state index in [2.05, 4.69) is 26.6 Å². The molecule has 0 bridgehead atoms. The number of hydrogen-bond donors (Lipinski definition) is 2. The first-order valence-electron chi connectivity index (χ1n) is 7.23. The lowest BCUT2D eigenvalue weighted by molar-refractivity contribution is 0.215. The monoisotopic (exact) mass is 390 g/mol. The molecule has 1 aromatic heterocycles. The van der Waals surface area contributed by atoms with Crippen molar-refractivity contribution in [3.63, 3.8) is 0 Å². The van der Waals surface area contributed by atoms with Crippen LogP contribution in [0.15, 0.2) is 27.8 Å². The lowest BCUT2D eigenvalue weighted by Gasteiger charge is -2.27. The zero-order valence-corrected chi connectivity index (χ0v) is 14.0. The van der Waals surface area contributed by atoms with Crippen molar-refractivity contribution < 1.29 is 4.42 Å². The smallest absolute Gasteiger partial charge is 0.191 e. The Morgan fingerprint density at radius 2 is 2.20 bits per heavy atom. The highest BCUT2D eigenvalue weighted by atomic mass is 127. The summed E-state index contributed by atoms with van der Waals surface area (Å²) in [6, 6.07) is 4.35. The van der Waals surface area contributed by atoms with Crippen molar-refractivity contribution in [2.24, 2.45) is 4.99 Å².